The maximum atomic E-state index is 11.9. The third-order valence-electron chi connectivity index (χ3n) is 2.36. The van der Waals surface area contributed by atoms with Gasteiger partial charge in [-0.15, -0.1) is 11.3 Å². The molecule has 0 spiro atoms. The molecule has 0 saturated heterocycles. The zero-order valence-electron chi connectivity index (χ0n) is 9.96. The van der Waals surface area contributed by atoms with Crippen molar-refractivity contribution >= 4 is 40.1 Å². The molecule has 0 unspecified atom stereocenters. The van der Waals surface area contributed by atoms with E-state index in [-0.39, 0.29) is 5.91 Å². The van der Waals surface area contributed by atoms with Crippen molar-refractivity contribution < 1.29 is 14.7 Å². The van der Waals surface area contributed by atoms with Crippen LogP contribution in [-0.4, -0.2) is 47.0 Å². The predicted octanol–water partition coefficient (Wildman–Crippen LogP) is 0.0578. The van der Waals surface area contributed by atoms with E-state index in [1.807, 2.05) is 0 Å². The number of amidine groups is 1. The fraction of sp³-hybridized carbons (Fsp3) is 0.364. The zero-order valence-corrected chi connectivity index (χ0v) is 11.6. The first-order valence-corrected chi connectivity index (χ1v) is 7.50. The third kappa shape index (κ3) is 3.79. The molecule has 1 atom stereocenters. The van der Waals surface area contributed by atoms with Crippen LogP contribution in [0.15, 0.2) is 22.5 Å². The lowest BCUT2D eigenvalue weighted by atomic mass is 10.3. The molecule has 3 N–H and O–H groups in total. The molecule has 2 rings (SSSR count). The van der Waals surface area contributed by atoms with Gasteiger partial charge in [-0.2, -0.15) is 0 Å². The van der Waals surface area contributed by atoms with E-state index in [4.69, 9.17) is 0 Å². The smallest absolute Gasteiger partial charge is 0.262 e. The Morgan fingerprint density at radius 2 is 2.37 bits per heavy atom. The average molecular weight is 299 g/mol. The van der Waals surface area contributed by atoms with Crippen LogP contribution in [0.1, 0.15) is 9.67 Å². The molecule has 1 aliphatic rings. The quantitative estimate of drug-likeness (QED) is 0.733. The first kappa shape index (κ1) is 14.0. The minimum atomic E-state index is -0.974. The van der Waals surface area contributed by atoms with Gasteiger partial charge in [0.1, 0.15) is 6.04 Å². The van der Waals surface area contributed by atoms with Crippen LogP contribution in [0, 0.1) is 0 Å². The number of aliphatic hydroxyl groups excluding tert-OH is 1. The van der Waals surface area contributed by atoms with Gasteiger partial charge < -0.3 is 15.7 Å². The molecule has 1 aromatic heterocycles. The SMILES string of the molecule is O=C(N[C@@H](CO)C(=O)NC1=NCCS1)c1cccs1. The van der Waals surface area contributed by atoms with Gasteiger partial charge >= 0.3 is 0 Å². The van der Waals surface area contributed by atoms with E-state index < -0.39 is 18.6 Å². The highest BCUT2D eigenvalue weighted by molar-refractivity contribution is 8.14. The Morgan fingerprint density at radius 3 is 2.95 bits per heavy atom. The Hall–Kier alpha value is -1.38. The Labute approximate surface area is 118 Å². The summed E-state index contributed by atoms with van der Waals surface area (Å²) < 4.78 is 0. The average Bonchev–Trinajstić information content (AvgIpc) is 3.07. The van der Waals surface area contributed by atoms with Crippen molar-refractivity contribution in [1.82, 2.24) is 10.6 Å². The lowest BCUT2D eigenvalue weighted by Crippen LogP contribution is -2.49. The Bertz CT molecular complexity index is 487. The molecule has 0 aliphatic carbocycles. The summed E-state index contributed by atoms with van der Waals surface area (Å²) >= 11 is 2.72. The molecule has 6 nitrogen and oxygen atoms in total. The zero-order chi connectivity index (χ0) is 13.7. The number of carbonyl (C=O) groups excluding carboxylic acids is 2. The molecule has 0 saturated carbocycles. The lowest BCUT2D eigenvalue weighted by Gasteiger charge is -2.15. The van der Waals surface area contributed by atoms with Crippen molar-refractivity contribution in [2.24, 2.45) is 4.99 Å². The Kier molecular flexibility index (Phi) is 4.94. The van der Waals surface area contributed by atoms with Gasteiger partial charge in [0.2, 0.25) is 0 Å². The van der Waals surface area contributed by atoms with Gasteiger partial charge in [-0.3, -0.25) is 14.6 Å². The summed E-state index contributed by atoms with van der Waals surface area (Å²) in [5.74, 6) is 0.00629. The van der Waals surface area contributed by atoms with Gasteiger partial charge in [-0.1, -0.05) is 17.8 Å². The van der Waals surface area contributed by atoms with Crippen molar-refractivity contribution in [2.75, 3.05) is 18.9 Å². The van der Waals surface area contributed by atoms with Crippen LogP contribution >= 0.6 is 23.1 Å². The molecule has 2 heterocycles. The van der Waals surface area contributed by atoms with E-state index in [1.165, 1.54) is 23.1 Å². The monoisotopic (exact) mass is 299 g/mol. The van der Waals surface area contributed by atoms with Gasteiger partial charge in [-0.05, 0) is 11.4 Å². The molecule has 0 radical (unpaired) electrons. The largest absolute Gasteiger partial charge is 0.394 e. The van der Waals surface area contributed by atoms with E-state index in [9.17, 15) is 14.7 Å². The van der Waals surface area contributed by atoms with Crippen LogP contribution in [0.4, 0.5) is 0 Å². The summed E-state index contributed by atoms with van der Waals surface area (Å²) in [7, 11) is 0. The van der Waals surface area contributed by atoms with E-state index in [2.05, 4.69) is 15.6 Å². The van der Waals surface area contributed by atoms with Gasteiger partial charge in [0.15, 0.2) is 5.17 Å². The molecule has 1 aliphatic heterocycles. The van der Waals surface area contributed by atoms with E-state index in [0.717, 1.165) is 5.75 Å². The van der Waals surface area contributed by atoms with Crippen LogP contribution in [-0.2, 0) is 4.79 Å². The highest BCUT2D eigenvalue weighted by atomic mass is 32.2. The van der Waals surface area contributed by atoms with Crippen molar-refractivity contribution in [3.8, 4) is 0 Å². The highest BCUT2D eigenvalue weighted by Crippen LogP contribution is 2.10. The second kappa shape index (κ2) is 6.69. The minimum absolute atomic E-state index is 0.370. The van der Waals surface area contributed by atoms with Gasteiger partial charge in [-0.25, -0.2) is 0 Å². The molecule has 19 heavy (non-hydrogen) atoms. The fourth-order valence-electron chi connectivity index (χ4n) is 1.43. The van der Waals surface area contributed by atoms with E-state index >= 15 is 0 Å². The summed E-state index contributed by atoms with van der Waals surface area (Å²) in [4.78, 5) is 28.2. The summed E-state index contributed by atoms with van der Waals surface area (Å²) in [5, 5.41) is 16.6. The van der Waals surface area contributed by atoms with Gasteiger partial charge in [0, 0.05) is 5.75 Å². The van der Waals surface area contributed by atoms with Crippen LogP contribution in [0.2, 0.25) is 0 Å². The van der Waals surface area contributed by atoms with Crippen molar-refractivity contribution in [3.05, 3.63) is 22.4 Å². The molecular formula is C11H13N3O3S2. The Morgan fingerprint density at radius 1 is 1.53 bits per heavy atom. The number of rotatable bonds is 4. The normalized spacial score (nSPS) is 15.7. The molecule has 0 bridgehead atoms. The molecule has 0 fully saturated rings. The van der Waals surface area contributed by atoms with Gasteiger partial charge in [0.25, 0.3) is 11.8 Å². The van der Waals surface area contributed by atoms with Crippen molar-refractivity contribution in [3.63, 3.8) is 0 Å². The van der Waals surface area contributed by atoms with Crippen LogP contribution in [0.5, 0.6) is 0 Å². The third-order valence-corrected chi connectivity index (χ3v) is 4.12. The second-order valence-electron chi connectivity index (χ2n) is 3.71. The summed E-state index contributed by atoms with van der Waals surface area (Å²) in [6, 6.07) is 2.43. The second-order valence-corrected chi connectivity index (χ2v) is 5.74. The highest BCUT2D eigenvalue weighted by Gasteiger charge is 2.22. The molecule has 8 heteroatoms. The minimum Gasteiger partial charge on any atom is -0.394 e. The van der Waals surface area contributed by atoms with Crippen LogP contribution in [0.3, 0.4) is 0 Å². The first-order valence-electron chi connectivity index (χ1n) is 5.64. The molecular weight excluding hydrogens is 286 g/mol. The predicted molar refractivity (Wildman–Crippen MR) is 75.6 cm³/mol. The Balaban J connectivity index is 1.92. The summed E-state index contributed by atoms with van der Waals surface area (Å²) in [6.45, 7) is 0.215. The number of hydrogen-bond acceptors (Lipinski definition) is 6. The standard InChI is InChI=1S/C11H13N3O3S2/c15-6-7(9(16)14-11-12-3-5-19-11)13-10(17)8-2-1-4-18-8/h1-2,4,7,15H,3,5-6H2,(H,13,17)(H,12,14,16)/t7-/m0/s1. The number of amides is 2. The van der Waals surface area contributed by atoms with E-state index in [1.54, 1.807) is 17.5 Å². The molecule has 102 valence electrons. The lowest BCUT2D eigenvalue weighted by molar-refractivity contribution is -0.122. The molecule has 2 amide bonds. The number of aliphatic hydroxyl groups is 1. The van der Waals surface area contributed by atoms with Crippen LogP contribution in [0.25, 0.3) is 0 Å². The number of thioether (sulfide) groups is 1. The maximum Gasteiger partial charge on any atom is 0.262 e. The number of carbonyl (C=O) groups is 2. The number of aliphatic imine (C=N–C) groups is 1. The summed E-state index contributed by atoms with van der Waals surface area (Å²) in [5.41, 5.74) is 0. The molecule has 0 aromatic carbocycles. The van der Waals surface area contributed by atoms with Crippen molar-refractivity contribution in [2.45, 2.75) is 6.04 Å². The fourth-order valence-corrected chi connectivity index (χ4v) is 2.79. The molecule has 1 aromatic rings. The van der Waals surface area contributed by atoms with E-state index in [0.29, 0.717) is 16.6 Å². The topological polar surface area (TPSA) is 90.8 Å². The van der Waals surface area contributed by atoms with Crippen molar-refractivity contribution in [1.29, 1.82) is 0 Å². The number of hydrogen-bond donors (Lipinski definition) is 3. The number of nitrogens with zero attached hydrogens (tertiary/aromatic N) is 1. The number of nitrogens with one attached hydrogen (secondary N) is 2. The van der Waals surface area contributed by atoms with Crippen LogP contribution < -0.4 is 10.6 Å². The van der Waals surface area contributed by atoms with Gasteiger partial charge in [0.05, 0.1) is 18.0 Å². The number of thiophene rings is 1. The first-order chi connectivity index (χ1) is 9.20. The maximum absolute atomic E-state index is 11.9. The summed E-state index contributed by atoms with van der Waals surface area (Å²) in [6.07, 6.45) is 0.